The number of anilines is 1. The second kappa shape index (κ2) is 9.64. The summed E-state index contributed by atoms with van der Waals surface area (Å²) in [6.07, 6.45) is -0.243. The lowest BCUT2D eigenvalue weighted by Gasteiger charge is -2.32. The van der Waals surface area contributed by atoms with Crippen molar-refractivity contribution in [2.75, 3.05) is 12.4 Å². The molecule has 0 radical (unpaired) electrons. The number of thioether (sulfide) groups is 1. The molecule has 10 heteroatoms. The maximum absolute atomic E-state index is 14.2. The van der Waals surface area contributed by atoms with Crippen molar-refractivity contribution in [3.63, 3.8) is 0 Å². The van der Waals surface area contributed by atoms with Gasteiger partial charge in [-0.15, -0.1) is 0 Å². The van der Waals surface area contributed by atoms with Crippen LogP contribution in [-0.4, -0.2) is 35.0 Å². The Morgan fingerprint density at radius 3 is 2.66 bits per heavy atom. The fourth-order valence-corrected chi connectivity index (χ4v) is 5.41. The number of carbonyl (C=O) groups is 3. The van der Waals surface area contributed by atoms with Crippen molar-refractivity contribution in [1.29, 1.82) is 5.26 Å². The number of esters is 1. The summed E-state index contributed by atoms with van der Waals surface area (Å²) in [7, 11) is 1.21. The summed E-state index contributed by atoms with van der Waals surface area (Å²) in [5.74, 6) is -3.46. The minimum Gasteiger partial charge on any atom is -0.469 e. The second-order valence-electron chi connectivity index (χ2n) is 8.00. The smallest absolute Gasteiger partial charge is 0.307 e. The van der Waals surface area contributed by atoms with Crippen molar-refractivity contribution in [3.8, 4) is 6.07 Å². The lowest BCUT2D eigenvalue weighted by Crippen LogP contribution is -2.39. The first-order valence-electron chi connectivity index (χ1n) is 10.6. The summed E-state index contributed by atoms with van der Waals surface area (Å²) in [4.78, 5) is 39.8. The van der Waals surface area contributed by atoms with Gasteiger partial charge in [0, 0.05) is 5.69 Å². The van der Waals surface area contributed by atoms with Gasteiger partial charge in [0.25, 0.3) is 5.91 Å². The fraction of sp³-hybridized carbons (Fsp3) is 0.200. The molecule has 2 heterocycles. The number of hydrogen-bond acceptors (Lipinski definition) is 7. The number of fused-ring (bicyclic) bond motifs is 1. The second-order valence-corrected chi connectivity index (χ2v) is 9.19. The van der Waals surface area contributed by atoms with E-state index in [0.29, 0.717) is 11.3 Å². The van der Waals surface area contributed by atoms with Crippen molar-refractivity contribution < 1.29 is 23.5 Å². The third-order valence-corrected chi connectivity index (χ3v) is 6.96. The van der Waals surface area contributed by atoms with Crippen LogP contribution in [0.15, 0.2) is 70.5 Å². The van der Waals surface area contributed by atoms with E-state index < -0.39 is 34.8 Å². The largest absolute Gasteiger partial charge is 0.469 e. The third-order valence-electron chi connectivity index (χ3n) is 5.68. The zero-order valence-corrected chi connectivity index (χ0v) is 19.7. The Balaban J connectivity index is 1.88. The van der Waals surface area contributed by atoms with E-state index >= 15 is 0 Å². The predicted octanol–water partition coefficient (Wildman–Crippen LogP) is 3.28. The van der Waals surface area contributed by atoms with Crippen LogP contribution < -0.4 is 11.1 Å². The molecule has 0 aliphatic carbocycles. The van der Waals surface area contributed by atoms with Crippen molar-refractivity contribution in [3.05, 3.63) is 87.5 Å². The molecule has 2 atom stereocenters. The van der Waals surface area contributed by atoms with Crippen LogP contribution in [0.3, 0.4) is 0 Å². The number of amides is 2. The normalized spacial score (nSPS) is 19.4. The van der Waals surface area contributed by atoms with Crippen LogP contribution in [0.1, 0.15) is 23.5 Å². The fourth-order valence-electron chi connectivity index (χ4n) is 4.08. The molecule has 0 saturated carbocycles. The van der Waals surface area contributed by atoms with Crippen LogP contribution in [0.25, 0.3) is 0 Å². The maximum atomic E-state index is 14.2. The number of hydrogen-bond donors (Lipinski definition) is 2. The summed E-state index contributed by atoms with van der Waals surface area (Å²) >= 11 is 0.992. The van der Waals surface area contributed by atoms with Crippen molar-refractivity contribution in [2.24, 2.45) is 5.73 Å². The highest BCUT2D eigenvalue weighted by atomic mass is 32.2. The van der Waals surface area contributed by atoms with Crippen LogP contribution >= 0.6 is 11.8 Å². The van der Waals surface area contributed by atoms with E-state index in [-0.39, 0.29) is 28.4 Å². The highest BCUT2D eigenvalue weighted by Gasteiger charge is 2.48. The summed E-state index contributed by atoms with van der Waals surface area (Å²) in [5, 5.41) is 12.1. The molecular weight excluding hydrogens is 471 g/mol. The monoisotopic (exact) mass is 492 g/mol. The van der Waals surface area contributed by atoms with E-state index in [9.17, 15) is 24.0 Å². The van der Waals surface area contributed by atoms with Crippen LogP contribution in [-0.2, 0) is 19.1 Å². The SMILES string of the molecule is COC(=O)C[C@@H]1SC2=C(C(=O)Nc3cccc(C)c3)[C@H](c3cccc(F)c3)C(C#N)=C(N)N2C1=O. The van der Waals surface area contributed by atoms with Gasteiger partial charge < -0.3 is 15.8 Å². The number of nitriles is 1. The number of ether oxygens (including phenoxy) is 1. The summed E-state index contributed by atoms with van der Waals surface area (Å²) in [5.41, 5.74) is 8.01. The number of methoxy groups -OCH3 is 1. The first-order valence-corrected chi connectivity index (χ1v) is 11.5. The average Bonchev–Trinajstić information content (AvgIpc) is 3.14. The lowest BCUT2D eigenvalue weighted by atomic mass is 9.82. The number of rotatable bonds is 5. The molecule has 0 unspecified atom stereocenters. The Bertz CT molecular complexity index is 1350. The maximum Gasteiger partial charge on any atom is 0.307 e. The predicted molar refractivity (Wildman–Crippen MR) is 128 cm³/mol. The third kappa shape index (κ3) is 4.50. The highest BCUT2D eigenvalue weighted by Crippen LogP contribution is 2.50. The number of nitrogens with two attached hydrogens (primary N) is 1. The first-order chi connectivity index (χ1) is 16.7. The number of halogens is 1. The molecule has 35 heavy (non-hydrogen) atoms. The number of allylic oxidation sites excluding steroid dienone is 1. The number of nitrogens with one attached hydrogen (secondary N) is 1. The number of aryl methyl sites for hydroxylation is 1. The quantitative estimate of drug-likeness (QED) is 0.614. The van der Waals surface area contributed by atoms with Gasteiger partial charge >= 0.3 is 5.97 Å². The Morgan fingerprint density at radius 1 is 1.26 bits per heavy atom. The Labute approximate surface area is 205 Å². The van der Waals surface area contributed by atoms with Gasteiger partial charge in [-0.2, -0.15) is 5.26 Å². The van der Waals surface area contributed by atoms with Crippen molar-refractivity contribution in [1.82, 2.24) is 4.90 Å². The molecule has 0 spiro atoms. The number of nitrogens with zero attached hydrogens (tertiary/aromatic N) is 2. The van der Waals surface area contributed by atoms with Gasteiger partial charge in [-0.25, -0.2) is 4.39 Å². The Morgan fingerprint density at radius 2 is 2.00 bits per heavy atom. The van der Waals surface area contributed by atoms with E-state index in [1.165, 1.54) is 25.3 Å². The number of carbonyl (C=O) groups excluding carboxylic acids is 3. The molecule has 0 aromatic heterocycles. The molecule has 2 aromatic rings. The Kier molecular flexibility index (Phi) is 6.62. The van der Waals surface area contributed by atoms with Crippen molar-refractivity contribution >= 4 is 35.2 Å². The molecule has 2 amide bonds. The van der Waals surface area contributed by atoms with Gasteiger partial charge in [0.1, 0.15) is 16.9 Å². The molecule has 8 nitrogen and oxygen atoms in total. The van der Waals surface area contributed by atoms with Crippen LogP contribution in [0.5, 0.6) is 0 Å². The summed E-state index contributed by atoms with van der Waals surface area (Å²) < 4.78 is 18.9. The van der Waals surface area contributed by atoms with E-state index in [4.69, 9.17) is 10.5 Å². The molecule has 2 aliphatic rings. The first kappa shape index (κ1) is 24.0. The van der Waals surface area contributed by atoms with E-state index in [1.54, 1.807) is 24.3 Å². The standard InChI is InChI=1S/C25H21FN4O4S/c1-13-5-3-8-16(9-13)29-23(32)21-20(14-6-4-7-15(26)10-14)17(12-27)22(28)30-24(33)18(35-25(21)30)11-19(31)34-2/h3-10,18,20H,11,28H2,1-2H3,(H,29,32)/t18-,20+/m0/s1. The minimum atomic E-state index is -1.02. The minimum absolute atomic E-state index is 0.0635. The topological polar surface area (TPSA) is 126 Å². The molecule has 1 fully saturated rings. The summed E-state index contributed by atoms with van der Waals surface area (Å²) in [6, 6.07) is 14.6. The van der Waals surface area contributed by atoms with E-state index in [1.807, 2.05) is 19.1 Å². The molecule has 1 saturated heterocycles. The summed E-state index contributed by atoms with van der Waals surface area (Å²) in [6.45, 7) is 1.87. The van der Waals surface area contributed by atoms with Gasteiger partial charge in [0.2, 0.25) is 5.91 Å². The molecule has 178 valence electrons. The van der Waals surface area contributed by atoms with Gasteiger partial charge in [-0.05, 0) is 42.3 Å². The average molecular weight is 493 g/mol. The zero-order valence-electron chi connectivity index (χ0n) is 18.9. The molecule has 2 aromatic carbocycles. The van der Waals surface area contributed by atoms with E-state index in [0.717, 1.165) is 22.2 Å². The van der Waals surface area contributed by atoms with Crippen LogP contribution in [0.2, 0.25) is 0 Å². The molecule has 2 aliphatic heterocycles. The van der Waals surface area contributed by atoms with Crippen LogP contribution in [0, 0.1) is 24.1 Å². The van der Waals surface area contributed by atoms with Gasteiger partial charge in [0.15, 0.2) is 0 Å². The van der Waals surface area contributed by atoms with Crippen LogP contribution in [0.4, 0.5) is 10.1 Å². The highest BCUT2D eigenvalue weighted by molar-refractivity contribution is 8.04. The molecule has 3 N–H and O–H groups in total. The Hall–Kier alpha value is -4.10. The number of benzene rings is 2. The van der Waals surface area contributed by atoms with Gasteiger partial charge in [-0.3, -0.25) is 19.3 Å². The lowest BCUT2D eigenvalue weighted by molar-refractivity contribution is -0.142. The van der Waals surface area contributed by atoms with Gasteiger partial charge in [-0.1, -0.05) is 36.0 Å². The molecule has 0 bridgehead atoms. The van der Waals surface area contributed by atoms with Crippen molar-refractivity contribution in [2.45, 2.75) is 24.5 Å². The van der Waals surface area contributed by atoms with Gasteiger partial charge in [0.05, 0.1) is 41.7 Å². The van der Waals surface area contributed by atoms with E-state index in [2.05, 4.69) is 5.32 Å². The molecule has 4 rings (SSSR count). The molecular formula is C25H21FN4O4S. The zero-order chi connectivity index (χ0) is 25.3.